The Hall–Kier alpha value is -4.02. The van der Waals surface area contributed by atoms with Crippen molar-refractivity contribution >= 4 is 40.6 Å². The molecule has 2 unspecified atom stereocenters. The number of hydrogen-bond acceptors (Lipinski definition) is 8. The van der Waals surface area contributed by atoms with Crippen LogP contribution in [0.1, 0.15) is 35.7 Å². The smallest absolute Gasteiger partial charge is 0.247 e. The molecule has 1 N–H and O–H groups in total. The number of carbonyl (C=O) groups is 2. The molecular weight excluding hydrogens is 579 g/mol. The van der Waals surface area contributed by atoms with E-state index in [4.69, 9.17) is 9.72 Å². The van der Waals surface area contributed by atoms with E-state index in [1.807, 2.05) is 55.6 Å². The number of rotatable bonds is 11. The van der Waals surface area contributed by atoms with Gasteiger partial charge in [0.2, 0.25) is 11.8 Å². The summed E-state index contributed by atoms with van der Waals surface area (Å²) in [6.45, 7) is 4.05. The number of benzene rings is 2. The number of anilines is 1. The highest BCUT2D eigenvalue weighted by Gasteiger charge is 2.37. The summed E-state index contributed by atoms with van der Waals surface area (Å²) in [6, 6.07) is 18.4. The molecule has 8 nitrogen and oxygen atoms in total. The molecule has 10 heteroatoms. The largest absolute Gasteiger partial charge is 0.497 e. The highest BCUT2D eigenvalue weighted by Crippen LogP contribution is 2.30. The molecule has 1 aliphatic rings. The van der Waals surface area contributed by atoms with Crippen molar-refractivity contribution in [1.82, 2.24) is 19.9 Å². The Bertz CT molecular complexity index is 1550. The van der Waals surface area contributed by atoms with Crippen molar-refractivity contribution in [2.75, 3.05) is 18.2 Å². The third-order valence-electron chi connectivity index (χ3n) is 7.25. The van der Waals surface area contributed by atoms with Gasteiger partial charge in [-0.25, -0.2) is 15.0 Å². The van der Waals surface area contributed by atoms with E-state index in [1.54, 1.807) is 36.3 Å². The number of methoxy groups -OCH3 is 1. The van der Waals surface area contributed by atoms with E-state index in [0.717, 1.165) is 40.5 Å². The maximum absolute atomic E-state index is 14.1. The molecule has 0 fully saturated rings. The second-order valence-corrected chi connectivity index (χ2v) is 12.3. The Kier molecular flexibility index (Phi) is 10.2. The Morgan fingerprint density at radius 1 is 1.05 bits per heavy atom. The molecule has 0 saturated heterocycles. The fourth-order valence-electron chi connectivity index (χ4n) is 5.18. The molecule has 2 atom stereocenters. The van der Waals surface area contributed by atoms with Gasteiger partial charge in [0.1, 0.15) is 16.8 Å². The van der Waals surface area contributed by atoms with E-state index < -0.39 is 6.04 Å². The SMILES string of the molecule is COc1ccc(NC(=O)C(C2CC=CCC2)N(Cc2nc(-c3ccccc3)cs2)C(=O)CSc2nc(C)cc(C)n2)cc1. The zero-order valence-electron chi connectivity index (χ0n) is 24.5. The first kappa shape index (κ1) is 30.4. The van der Waals surface area contributed by atoms with E-state index in [9.17, 15) is 9.59 Å². The average molecular weight is 614 g/mol. The normalized spacial score (nSPS) is 15.1. The average Bonchev–Trinajstić information content (AvgIpc) is 3.49. The third kappa shape index (κ3) is 8.09. The predicted molar refractivity (Wildman–Crippen MR) is 172 cm³/mol. The number of hydrogen-bond donors (Lipinski definition) is 1. The Morgan fingerprint density at radius 3 is 2.47 bits per heavy atom. The number of amides is 2. The standard InChI is InChI=1S/C33H35N5O3S2/c1-22-18-23(2)35-33(34-22)43-21-30(39)38(19-29-37-28(20-42-29)24-10-6-4-7-11-24)31(25-12-8-5-9-13-25)32(40)36-26-14-16-27(41-3)17-15-26/h4-8,10-11,14-18,20,25,31H,9,12-13,19,21H2,1-3H3,(H,36,40). The highest BCUT2D eigenvalue weighted by molar-refractivity contribution is 7.99. The molecule has 2 amide bonds. The molecule has 4 aromatic rings. The Labute approximate surface area is 260 Å². The lowest BCUT2D eigenvalue weighted by Gasteiger charge is -2.36. The van der Waals surface area contributed by atoms with Crippen LogP contribution in [0.4, 0.5) is 5.69 Å². The quantitative estimate of drug-likeness (QED) is 0.114. The molecule has 0 radical (unpaired) electrons. The van der Waals surface area contributed by atoms with Crippen LogP contribution in [0.5, 0.6) is 5.75 Å². The maximum Gasteiger partial charge on any atom is 0.247 e. The summed E-state index contributed by atoms with van der Waals surface area (Å²) in [5.74, 6) is 0.393. The predicted octanol–water partition coefficient (Wildman–Crippen LogP) is 6.71. The van der Waals surface area contributed by atoms with Gasteiger partial charge in [0, 0.05) is 28.0 Å². The number of carbonyl (C=O) groups excluding carboxylic acids is 2. The summed E-state index contributed by atoms with van der Waals surface area (Å²) >= 11 is 2.79. The lowest BCUT2D eigenvalue weighted by Crippen LogP contribution is -2.51. The van der Waals surface area contributed by atoms with Gasteiger partial charge in [-0.1, -0.05) is 54.2 Å². The Morgan fingerprint density at radius 2 is 1.79 bits per heavy atom. The van der Waals surface area contributed by atoms with Crippen LogP contribution in [-0.4, -0.2) is 50.6 Å². The molecule has 0 saturated carbocycles. The van der Waals surface area contributed by atoms with Gasteiger partial charge in [-0.2, -0.15) is 0 Å². The van der Waals surface area contributed by atoms with E-state index in [2.05, 4.69) is 27.4 Å². The number of aryl methyl sites for hydroxylation is 2. The van der Waals surface area contributed by atoms with Crippen molar-refractivity contribution in [3.63, 3.8) is 0 Å². The van der Waals surface area contributed by atoms with E-state index in [0.29, 0.717) is 23.0 Å². The fourth-order valence-corrected chi connectivity index (χ4v) is 6.82. The molecule has 0 aliphatic heterocycles. The first-order valence-corrected chi connectivity index (χ1v) is 16.1. The minimum atomic E-state index is -0.690. The van der Waals surface area contributed by atoms with Crippen LogP contribution in [0.25, 0.3) is 11.3 Å². The second-order valence-electron chi connectivity index (χ2n) is 10.4. The number of thioether (sulfide) groups is 1. The summed E-state index contributed by atoms with van der Waals surface area (Å²) in [5, 5.41) is 6.39. The molecule has 43 heavy (non-hydrogen) atoms. The van der Waals surface area contributed by atoms with Gasteiger partial charge in [-0.15, -0.1) is 11.3 Å². The number of ether oxygens (including phenoxy) is 1. The lowest BCUT2D eigenvalue weighted by atomic mass is 9.86. The van der Waals surface area contributed by atoms with Crippen LogP contribution < -0.4 is 10.1 Å². The van der Waals surface area contributed by atoms with Gasteiger partial charge in [-0.3, -0.25) is 9.59 Å². The molecule has 2 aromatic heterocycles. The number of thiazole rings is 1. The van der Waals surface area contributed by atoms with E-state index in [-0.39, 0.29) is 30.0 Å². The molecule has 5 rings (SSSR count). The topological polar surface area (TPSA) is 97.3 Å². The molecule has 2 heterocycles. The van der Waals surface area contributed by atoms with Crippen LogP contribution in [0, 0.1) is 19.8 Å². The minimum Gasteiger partial charge on any atom is -0.497 e. The second kappa shape index (κ2) is 14.4. The highest BCUT2D eigenvalue weighted by atomic mass is 32.2. The van der Waals surface area contributed by atoms with Gasteiger partial charge >= 0.3 is 0 Å². The maximum atomic E-state index is 14.1. The molecule has 2 aromatic carbocycles. The first-order chi connectivity index (χ1) is 20.9. The Balaban J connectivity index is 1.45. The van der Waals surface area contributed by atoms with Gasteiger partial charge in [-0.05, 0) is 69.4 Å². The zero-order chi connectivity index (χ0) is 30.2. The summed E-state index contributed by atoms with van der Waals surface area (Å²) in [6.07, 6.45) is 6.63. The van der Waals surface area contributed by atoms with Gasteiger partial charge in [0.05, 0.1) is 25.1 Å². The van der Waals surface area contributed by atoms with Crippen molar-refractivity contribution < 1.29 is 14.3 Å². The van der Waals surface area contributed by atoms with Crippen LogP contribution >= 0.6 is 23.1 Å². The molecule has 0 spiro atoms. The summed E-state index contributed by atoms with van der Waals surface area (Å²) in [4.78, 5) is 43.8. The van der Waals surface area contributed by atoms with Crippen molar-refractivity contribution in [1.29, 1.82) is 0 Å². The number of allylic oxidation sites excluding steroid dienone is 2. The first-order valence-electron chi connectivity index (χ1n) is 14.2. The molecule has 222 valence electrons. The summed E-state index contributed by atoms with van der Waals surface area (Å²) in [5.41, 5.74) is 4.21. The zero-order valence-corrected chi connectivity index (χ0v) is 26.2. The lowest BCUT2D eigenvalue weighted by molar-refractivity contribution is -0.139. The number of nitrogens with zero attached hydrogens (tertiary/aromatic N) is 4. The third-order valence-corrected chi connectivity index (χ3v) is 8.92. The van der Waals surface area contributed by atoms with Crippen molar-refractivity contribution in [2.45, 2.75) is 50.9 Å². The minimum absolute atomic E-state index is 0.0387. The monoisotopic (exact) mass is 613 g/mol. The summed E-state index contributed by atoms with van der Waals surface area (Å²) in [7, 11) is 1.60. The molecular formula is C33H35N5O3S2. The van der Waals surface area contributed by atoms with E-state index in [1.165, 1.54) is 23.1 Å². The van der Waals surface area contributed by atoms with Gasteiger partial charge in [0.25, 0.3) is 0 Å². The molecule has 0 bridgehead atoms. The number of aromatic nitrogens is 3. The van der Waals surface area contributed by atoms with Crippen LogP contribution in [0.3, 0.4) is 0 Å². The van der Waals surface area contributed by atoms with Crippen LogP contribution in [0.2, 0.25) is 0 Å². The van der Waals surface area contributed by atoms with Gasteiger partial charge < -0.3 is 15.0 Å². The number of nitrogens with one attached hydrogen (secondary N) is 1. The van der Waals surface area contributed by atoms with Crippen molar-refractivity contribution in [3.05, 3.63) is 94.6 Å². The molecule has 1 aliphatic carbocycles. The van der Waals surface area contributed by atoms with Crippen LogP contribution in [-0.2, 0) is 16.1 Å². The van der Waals surface area contributed by atoms with Crippen molar-refractivity contribution in [2.24, 2.45) is 5.92 Å². The fraction of sp³-hybridized carbons (Fsp3) is 0.303. The summed E-state index contributed by atoms with van der Waals surface area (Å²) < 4.78 is 5.27. The van der Waals surface area contributed by atoms with Crippen LogP contribution in [0.15, 0.2) is 83.4 Å². The van der Waals surface area contributed by atoms with E-state index >= 15 is 0 Å². The van der Waals surface area contributed by atoms with Crippen molar-refractivity contribution in [3.8, 4) is 17.0 Å². The van der Waals surface area contributed by atoms with Gasteiger partial charge in [0.15, 0.2) is 5.16 Å².